The lowest BCUT2D eigenvalue weighted by Gasteiger charge is -2.29. The lowest BCUT2D eigenvalue weighted by Crippen LogP contribution is -2.48. The number of esters is 2. The number of nitrogens with zero attached hydrogens (tertiary/aromatic N) is 1. The summed E-state index contributed by atoms with van der Waals surface area (Å²) < 4.78 is 10.0. The van der Waals surface area contributed by atoms with E-state index >= 15 is 0 Å². The van der Waals surface area contributed by atoms with Crippen LogP contribution in [0.1, 0.15) is 26.3 Å². The van der Waals surface area contributed by atoms with Crippen LogP contribution in [0, 0.1) is 6.92 Å². The number of carbonyl (C=O) groups excluding carboxylic acids is 2. The summed E-state index contributed by atoms with van der Waals surface area (Å²) in [5.74, 6) is -1.17. The van der Waals surface area contributed by atoms with Gasteiger partial charge in [0.2, 0.25) is 6.04 Å². The fourth-order valence-electron chi connectivity index (χ4n) is 2.11. The molecule has 0 aliphatic rings. The summed E-state index contributed by atoms with van der Waals surface area (Å²) >= 11 is 0. The van der Waals surface area contributed by atoms with Gasteiger partial charge >= 0.3 is 11.9 Å². The summed E-state index contributed by atoms with van der Waals surface area (Å²) in [7, 11) is 0. The van der Waals surface area contributed by atoms with E-state index in [9.17, 15) is 9.59 Å². The molecule has 0 saturated heterocycles. The monoisotopic (exact) mass is 293 g/mol. The zero-order valence-electron chi connectivity index (χ0n) is 13.1. The fourth-order valence-corrected chi connectivity index (χ4v) is 2.11. The van der Waals surface area contributed by atoms with Gasteiger partial charge in [0.1, 0.15) is 0 Å². The van der Waals surface area contributed by atoms with Crippen LogP contribution in [-0.2, 0) is 19.1 Å². The Morgan fingerprint density at radius 1 is 1.10 bits per heavy atom. The van der Waals surface area contributed by atoms with Gasteiger partial charge in [-0.25, -0.2) is 9.59 Å². The third kappa shape index (κ3) is 4.48. The second-order valence-electron chi connectivity index (χ2n) is 4.53. The minimum Gasteiger partial charge on any atom is -0.464 e. The Hall–Kier alpha value is -2.04. The van der Waals surface area contributed by atoms with Crippen molar-refractivity contribution >= 4 is 17.6 Å². The maximum absolute atomic E-state index is 12.2. The number of aryl methyl sites for hydroxylation is 1. The Kier molecular flexibility index (Phi) is 6.72. The smallest absolute Gasteiger partial charge is 0.340 e. The summed E-state index contributed by atoms with van der Waals surface area (Å²) in [6, 6.07) is 6.57. The third-order valence-corrected chi connectivity index (χ3v) is 3.01. The first-order chi connectivity index (χ1) is 10.0. The predicted octanol–water partition coefficient (Wildman–Crippen LogP) is 2.32. The lowest BCUT2D eigenvalue weighted by molar-refractivity contribution is -0.156. The number of rotatable bonds is 7. The van der Waals surface area contributed by atoms with Crippen molar-refractivity contribution in [1.82, 2.24) is 0 Å². The Balaban J connectivity index is 3.13. The zero-order valence-corrected chi connectivity index (χ0v) is 13.1. The van der Waals surface area contributed by atoms with Crippen LogP contribution in [0.25, 0.3) is 0 Å². The van der Waals surface area contributed by atoms with Crippen LogP contribution in [0.2, 0.25) is 0 Å². The molecule has 0 N–H and O–H groups in total. The molecular formula is C16H23NO4. The molecule has 0 bridgehead atoms. The maximum Gasteiger partial charge on any atom is 0.340 e. The van der Waals surface area contributed by atoms with Crippen molar-refractivity contribution in [3.05, 3.63) is 29.8 Å². The minimum absolute atomic E-state index is 0.222. The van der Waals surface area contributed by atoms with E-state index in [0.717, 1.165) is 11.3 Å². The van der Waals surface area contributed by atoms with E-state index in [1.807, 2.05) is 38.1 Å². The van der Waals surface area contributed by atoms with E-state index < -0.39 is 18.0 Å². The van der Waals surface area contributed by atoms with Gasteiger partial charge in [-0.2, -0.15) is 0 Å². The third-order valence-electron chi connectivity index (χ3n) is 3.01. The van der Waals surface area contributed by atoms with Crippen molar-refractivity contribution in [2.45, 2.75) is 33.7 Å². The highest BCUT2D eigenvalue weighted by Crippen LogP contribution is 2.20. The molecule has 1 aromatic rings. The highest BCUT2D eigenvalue weighted by Gasteiger charge is 2.35. The average molecular weight is 293 g/mol. The number of ether oxygens (including phenoxy) is 2. The van der Waals surface area contributed by atoms with E-state index in [-0.39, 0.29) is 13.2 Å². The van der Waals surface area contributed by atoms with E-state index in [4.69, 9.17) is 9.47 Å². The molecule has 0 amide bonds. The van der Waals surface area contributed by atoms with Crippen LogP contribution in [0.5, 0.6) is 0 Å². The standard InChI is InChI=1S/C16H23NO4/c1-5-17(13-10-8-9-12(4)11-13)14(15(18)20-6-2)16(19)21-7-3/h8-11,14H,5-7H2,1-4H3. The molecule has 0 aliphatic heterocycles. The largest absolute Gasteiger partial charge is 0.464 e. The molecule has 0 atom stereocenters. The number of benzene rings is 1. The first-order valence-corrected chi connectivity index (χ1v) is 7.21. The quantitative estimate of drug-likeness (QED) is 0.570. The van der Waals surface area contributed by atoms with Crippen molar-refractivity contribution in [3.8, 4) is 0 Å². The molecule has 5 heteroatoms. The molecule has 0 spiro atoms. The molecule has 0 fully saturated rings. The van der Waals surface area contributed by atoms with Gasteiger partial charge < -0.3 is 14.4 Å². The van der Waals surface area contributed by atoms with E-state index in [2.05, 4.69) is 0 Å². The second kappa shape index (κ2) is 8.29. The number of hydrogen-bond donors (Lipinski definition) is 0. The van der Waals surface area contributed by atoms with Crippen molar-refractivity contribution < 1.29 is 19.1 Å². The van der Waals surface area contributed by atoms with Gasteiger partial charge in [-0.3, -0.25) is 0 Å². The Morgan fingerprint density at radius 2 is 1.67 bits per heavy atom. The van der Waals surface area contributed by atoms with Crippen LogP contribution in [0.4, 0.5) is 5.69 Å². The molecule has 0 aliphatic carbocycles. The molecule has 0 heterocycles. The molecule has 0 radical (unpaired) electrons. The molecular weight excluding hydrogens is 270 g/mol. The predicted molar refractivity (Wildman–Crippen MR) is 81.3 cm³/mol. The zero-order chi connectivity index (χ0) is 15.8. The number of hydrogen-bond acceptors (Lipinski definition) is 5. The van der Waals surface area contributed by atoms with E-state index in [0.29, 0.717) is 6.54 Å². The normalized spacial score (nSPS) is 10.3. The maximum atomic E-state index is 12.2. The summed E-state index contributed by atoms with van der Waals surface area (Å²) in [6.45, 7) is 8.20. The van der Waals surface area contributed by atoms with Gasteiger partial charge in [-0.05, 0) is 45.4 Å². The van der Waals surface area contributed by atoms with Crippen molar-refractivity contribution in [2.24, 2.45) is 0 Å². The van der Waals surface area contributed by atoms with Gasteiger partial charge in [0.05, 0.1) is 13.2 Å². The molecule has 1 rings (SSSR count). The van der Waals surface area contributed by atoms with Gasteiger partial charge in [0, 0.05) is 12.2 Å². The van der Waals surface area contributed by atoms with Crippen molar-refractivity contribution in [1.29, 1.82) is 0 Å². The lowest BCUT2D eigenvalue weighted by atomic mass is 10.1. The van der Waals surface area contributed by atoms with Crippen LogP contribution < -0.4 is 4.90 Å². The SMILES string of the molecule is CCOC(=O)C(C(=O)OCC)N(CC)c1cccc(C)c1. The highest BCUT2D eigenvalue weighted by molar-refractivity contribution is 6.02. The molecule has 0 aromatic heterocycles. The Morgan fingerprint density at radius 3 is 2.10 bits per heavy atom. The number of anilines is 1. The summed E-state index contributed by atoms with van der Waals surface area (Å²) in [5.41, 5.74) is 1.85. The van der Waals surface area contributed by atoms with Gasteiger partial charge in [0.15, 0.2) is 0 Å². The highest BCUT2D eigenvalue weighted by atomic mass is 16.6. The molecule has 0 unspecified atom stereocenters. The van der Waals surface area contributed by atoms with Crippen LogP contribution in [-0.4, -0.2) is 37.7 Å². The first-order valence-electron chi connectivity index (χ1n) is 7.21. The molecule has 116 valence electrons. The fraction of sp³-hybridized carbons (Fsp3) is 0.500. The molecule has 21 heavy (non-hydrogen) atoms. The molecule has 0 saturated carbocycles. The summed E-state index contributed by atoms with van der Waals surface area (Å²) in [5, 5.41) is 0. The van der Waals surface area contributed by atoms with Gasteiger partial charge in [-0.15, -0.1) is 0 Å². The van der Waals surface area contributed by atoms with Crippen LogP contribution in [0.3, 0.4) is 0 Å². The molecule has 5 nitrogen and oxygen atoms in total. The van der Waals surface area contributed by atoms with Crippen LogP contribution in [0.15, 0.2) is 24.3 Å². The Labute approximate surface area is 125 Å². The second-order valence-corrected chi connectivity index (χ2v) is 4.53. The van der Waals surface area contributed by atoms with Crippen molar-refractivity contribution in [3.63, 3.8) is 0 Å². The number of likely N-dealkylation sites (N-methyl/N-ethyl adjacent to an activating group) is 1. The van der Waals surface area contributed by atoms with Gasteiger partial charge in [-0.1, -0.05) is 12.1 Å². The minimum atomic E-state index is -1.07. The van der Waals surface area contributed by atoms with E-state index in [1.165, 1.54) is 0 Å². The van der Waals surface area contributed by atoms with Crippen molar-refractivity contribution in [2.75, 3.05) is 24.7 Å². The Bertz CT molecular complexity index is 469. The molecule has 1 aromatic carbocycles. The van der Waals surface area contributed by atoms with Gasteiger partial charge in [0.25, 0.3) is 0 Å². The summed E-state index contributed by atoms with van der Waals surface area (Å²) in [6.07, 6.45) is 0. The summed E-state index contributed by atoms with van der Waals surface area (Å²) in [4.78, 5) is 26.0. The topological polar surface area (TPSA) is 55.8 Å². The first kappa shape index (κ1) is 17.0. The average Bonchev–Trinajstić information content (AvgIpc) is 2.44. The van der Waals surface area contributed by atoms with Crippen LogP contribution >= 0.6 is 0 Å². The van der Waals surface area contributed by atoms with E-state index in [1.54, 1.807) is 18.7 Å². The number of carbonyl (C=O) groups is 2.